The molecule has 0 radical (unpaired) electrons. The van der Waals surface area contributed by atoms with Gasteiger partial charge in [-0.15, -0.1) is 0 Å². The van der Waals surface area contributed by atoms with Crippen LogP contribution < -0.4 is 10.2 Å². The van der Waals surface area contributed by atoms with Gasteiger partial charge in [0.2, 0.25) is 0 Å². The minimum atomic E-state index is -0.344. The first kappa shape index (κ1) is 19.3. The summed E-state index contributed by atoms with van der Waals surface area (Å²) < 4.78 is 0. The van der Waals surface area contributed by atoms with Crippen LogP contribution >= 0.6 is 11.6 Å². The standard InChI is InChI=1S/C26H19ClN2O2/c1-16-10-11-18(14-22(16)27)29-25(30)20-9-5-8-19-23(13-12-21(24(19)20)26(29)31)28-15-17-6-3-2-4-7-17/h2-14,28H,15H2,1H3. The van der Waals surface area contributed by atoms with Crippen LogP contribution in [0.1, 0.15) is 31.8 Å². The Morgan fingerprint density at radius 3 is 2.32 bits per heavy atom. The molecule has 0 unspecified atom stereocenters. The Morgan fingerprint density at radius 1 is 0.839 bits per heavy atom. The molecule has 1 N–H and O–H groups in total. The quantitative estimate of drug-likeness (QED) is 0.394. The van der Waals surface area contributed by atoms with Crippen molar-refractivity contribution < 1.29 is 9.59 Å². The average molecular weight is 427 g/mol. The molecule has 4 aromatic carbocycles. The van der Waals surface area contributed by atoms with Crippen molar-refractivity contribution >= 4 is 45.6 Å². The lowest BCUT2D eigenvalue weighted by molar-refractivity contribution is 0.0893. The topological polar surface area (TPSA) is 49.4 Å². The van der Waals surface area contributed by atoms with E-state index in [0.29, 0.717) is 33.8 Å². The summed E-state index contributed by atoms with van der Waals surface area (Å²) in [7, 11) is 0. The van der Waals surface area contributed by atoms with Crippen molar-refractivity contribution in [1.29, 1.82) is 0 Å². The van der Waals surface area contributed by atoms with Gasteiger partial charge in [0.1, 0.15) is 0 Å². The number of halogens is 1. The number of carbonyl (C=O) groups is 2. The van der Waals surface area contributed by atoms with E-state index in [0.717, 1.165) is 22.2 Å². The average Bonchev–Trinajstić information content (AvgIpc) is 2.79. The van der Waals surface area contributed by atoms with Gasteiger partial charge in [-0.1, -0.05) is 60.1 Å². The number of carbonyl (C=O) groups excluding carboxylic acids is 2. The summed E-state index contributed by atoms with van der Waals surface area (Å²) in [4.78, 5) is 27.9. The van der Waals surface area contributed by atoms with Gasteiger partial charge in [0.25, 0.3) is 11.8 Å². The highest BCUT2D eigenvalue weighted by Crippen LogP contribution is 2.37. The monoisotopic (exact) mass is 426 g/mol. The smallest absolute Gasteiger partial charge is 0.265 e. The number of aryl methyl sites for hydroxylation is 1. The van der Waals surface area contributed by atoms with Crippen molar-refractivity contribution in [1.82, 2.24) is 0 Å². The molecule has 0 atom stereocenters. The molecule has 0 aliphatic carbocycles. The minimum Gasteiger partial charge on any atom is -0.380 e. The predicted octanol–water partition coefficient (Wildman–Crippen LogP) is 6.21. The van der Waals surface area contributed by atoms with Crippen LogP contribution in [0.25, 0.3) is 10.8 Å². The molecule has 0 saturated carbocycles. The van der Waals surface area contributed by atoms with Crippen LogP contribution in [0, 0.1) is 6.92 Å². The van der Waals surface area contributed by atoms with Crippen LogP contribution in [0.4, 0.5) is 11.4 Å². The molecular formula is C26H19ClN2O2. The van der Waals surface area contributed by atoms with Crippen molar-refractivity contribution in [2.45, 2.75) is 13.5 Å². The lowest BCUT2D eigenvalue weighted by Crippen LogP contribution is -2.40. The zero-order chi connectivity index (χ0) is 21.5. The molecule has 0 aromatic heterocycles. The number of nitrogens with zero attached hydrogens (tertiary/aromatic N) is 1. The van der Waals surface area contributed by atoms with E-state index < -0.39 is 0 Å². The van der Waals surface area contributed by atoms with E-state index in [1.807, 2.05) is 49.4 Å². The molecule has 4 nitrogen and oxygen atoms in total. The van der Waals surface area contributed by atoms with E-state index in [2.05, 4.69) is 17.4 Å². The van der Waals surface area contributed by atoms with E-state index in [-0.39, 0.29) is 11.8 Å². The Kier molecular flexibility index (Phi) is 4.72. The largest absolute Gasteiger partial charge is 0.380 e. The lowest BCUT2D eigenvalue weighted by Gasteiger charge is -2.28. The van der Waals surface area contributed by atoms with Gasteiger partial charge in [-0.05, 0) is 48.4 Å². The highest BCUT2D eigenvalue weighted by molar-refractivity contribution is 6.37. The zero-order valence-corrected chi connectivity index (χ0v) is 17.6. The maximum absolute atomic E-state index is 13.3. The van der Waals surface area contributed by atoms with Gasteiger partial charge >= 0.3 is 0 Å². The third-order valence-electron chi connectivity index (χ3n) is 5.65. The molecular weight excluding hydrogens is 408 g/mol. The molecule has 1 heterocycles. The number of hydrogen-bond acceptors (Lipinski definition) is 3. The summed E-state index contributed by atoms with van der Waals surface area (Å²) in [5.74, 6) is -0.688. The number of anilines is 2. The summed E-state index contributed by atoms with van der Waals surface area (Å²) in [5, 5.41) is 5.50. The van der Waals surface area contributed by atoms with E-state index >= 15 is 0 Å². The van der Waals surface area contributed by atoms with Crippen LogP contribution in [0.3, 0.4) is 0 Å². The van der Waals surface area contributed by atoms with Gasteiger partial charge in [-0.2, -0.15) is 0 Å². The van der Waals surface area contributed by atoms with E-state index in [1.165, 1.54) is 4.90 Å². The molecule has 5 heteroatoms. The predicted molar refractivity (Wildman–Crippen MR) is 125 cm³/mol. The molecule has 31 heavy (non-hydrogen) atoms. The summed E-state index contributed by atoms with van der Waals surface area (Å²) in [6, 6.07) is 24.5. The van der Waals surface area contributed by atoms with Crippen molar-refractivity contribution in [3.05, 3.63) is 106 Å². The SMILES string of the molecule is Cc1ccc(N2C(=O)c3cccc4c(NCc5ccccc5)ccc(c34)C2=O)cc1Cl. The maximum atomic E-state index is 13.3. The summed E-state index contributed by atoms with van der Waals surface area (Å²) in [5.41, 5.74) is 4.41. The Bertz CT molecular complexity index is 1330. The number of hydrogen-bond donors (Lipinski definition) is 1. The number of rotatable bonds is 4. The van der Waals surface area contributed by atoms with Crippen LogP contribution in [0.5, 0.6) is 0 Å². The molecule has 1 aliphatic rings. The molecule has 152 valence electrons. The Labute approximate surface area is 185 Å². The van der Waals surface area contributed by atoms with Crippen molar-refractivity contribution in [3.8, 4) is 0 Å². The van der Waals surface area contributed by atoms with Gasteiger partial charge in [0.15, 0.2) is 0 Å². The molecule has 0 spiro atoms. The molecule has 1 aliphatic heterocycles. The molecule has 0 bridgehead atoms. The first-order chi connectivity index (χ1) is 15.0. The molecule has 2 amide bonds. The fourth-order valence-electron chi connectivity index (χ4n) is 4.00. The zero-order valence-electron chi connectivity index (χ0n) is 16.9. The van der Waals surface area contributed by atoms with Crippen LogP contribution in [0.2, 0.25) is 5.02 Å². The second-order valence-electron chi connectivity index (χ2n) is 7.61. The van der Waals surface area contributed by atoms with Crippen LogP contribution in [0.15, 0.2) is 78.9 Å². The van der Waals surface area contributed by atoms with Gasteiger partial charge in [-0.3, -0.25) is 9.59 Å². The number of imide groups is 1. The molecule has 5 rings (SSSR count). The Hall–Kier alpha value is -3.63. The van der Waals surface area contributed by atoms with Gasteiger partial charge in [0, 0.05) is 39.2 Å². The maximum Gasteiger partial charge on any atom is 0.265 e. The first-order valence-electron chi connectivity index (χ1n) is 10.0. The Morgan fingerprint density at radius 2 is 1.58 bits per heavy atom. The third kappa shape index (κ3) is 3.25. The van der Waals surface area contributed by atoms with E-state index in [9.17, 15) is 9.59 Å². The molecule has 0 saturated heterocycles. The highest BCUT2D eigenvalue weighted by atomic mass is 35.5. The summed E-state index contributed by atoms with van der Waals surface area (Å²) in [6.45, 7) is 2.53. The van der Waals surface area contributed by atoms with Crippen molar-refractivity contribution in [2.24, 2.45) is 0 Å². The second-order valence-corrected chi connectivity index (χ2v) is 8.01. The fourth-order valence-corrected chi connectivity index (χ4v) is 4.17. The van der Waals surface area contributed by atoms with Gasteiger partial charge < -0.3 is 5.32 Å². The van der Waals surface area contributed by atoms with Crippen molar-refractivity contribution in [3.63, 3.8) is 0 Å². The van der Waals surface area contributed by atoms with Gasteiger partial charge in [0.05, 0.1) is 5.69 Å². The first-order valence-corrected chi connectivity index (χ1v) is 10.4. The number of nitrogens with one attached hydrogen (secondary N) is 1. The van der Waals surface area contributed by atoms with Crippen LogP contribution in [-0.4, -0.2) is 11.8 Å². The van der Waals surface area contributed by atoms with Crippen molar-refractivity contribution in [2.75, 3.05) is 10.2 Å². The summed E-state index contributed by atoms with van der Waals surface area (Å²) >= 11 is 6.26. The normalized spacial score (nSPS) is 13.0. The minimum absolute atomic E-state index is 0.344. The fraction of sp³-hybridized carbons (Fsp3) is 0.0769. The molecule has 4 aromatic rings. The Balaban J connectivity index is 1.58. The second kappa shape index (κ2) is 7.56. The number of benzene rings is 4. The highest BCUT2D eigenvalue weighted by Gasteiger charge is 2.34. The lowest BCUT2D eigenvalue weighted by atomic mass is 9.92. The summed E-state index contributed by atoms with van der Waals surface area (Å²) in [6.07, 6.45) is 0. The van der Waals surface area contributed by atoms with E-state index in [1.54, 1.807) is 24.3 Å². The van der Waals surface area contributed by atoms with E-state index in [4.69, 9.17) is 11.6 Å². The third-order valence-corrected chi connectivity index (χ3v) is 6.05. The van der Waals surface area contributed by atoms with Crippen LogP contribution in [-0.2, 0) is 6.54 Å². The van der Waals surface area contributed by atoms with Gasteiger partial charge in [-0.25, -0.2) is 4.90 Å². The molecule has 0 fully saturated rings. The number of amides is 2.